The van der Waals surface area contributed by atoms with Crippen molar-refractivity contribution in [3.8, 4) is 0 Å². The van der Waals surface area contributed by atoms with E-state index in [0.29, 0.717) is 17.3 Å². The summed E-state index contributed by atoms with van der Waals surface area (Å²) in [6, 6.07) is 3.83. The van der Waals surface area contributed by atoms with E-state index < -0.39 is 11.7 Å². The first-order valence-corrected chi connectivity index (χ1v) is 6.42. The summed E-state index contributed by atoms with van der Waals surface area (Å²) in [5.41, 5.74) is -0.653. The highest BCUT2D eigenvalue weighted by Gasteiger charge is 2.34. The molecule has 1 atom stereocenters. The third-order valence-corrected chi connectivity index (χ3v) is 3.11. The fraction of sp³-hybridized carbons (Fsp3) is 0.500. The van der Waals surface area contributed by atoms with Crippen LogP contribution in [0.5, 0.6) is 0 Å². The predicted octanol–water partition coefficient (Wildman–Crippen LogP) is 4.04. The highest BCUT2D eigenvalue weighted by atomic mass is 79.9. The summed E-state index contributed by atoms with van der Waals surface area (Å²) in [7, 11) is 0. The minimum atomic E-state index is -4.40. The molecular formula is C12H15BrF3NO. The molecule has 0 fully saturated rings. The van der Waals surface area contributed by atoms with Crippen LogP contribution in [-0.2, 0) is 6.18 Å². The molecule has 0 amide bonds. The average Bonchev–Trinajstić information content (AvgIpc) is 2.29. The molecule has 102 valence electrons. The van der Waals surface area contributed by atoms with E-state index in [9.17, 15) is 13.2 Å². The van der Waals surface area contributed by atoms with E-state index in [2.05, 4.69) is 21.2 Å². The second kappa shape index (κ2) is 6.43. The van der Waals surface area contributed by atoms with Crippen LogP contribution in [0.25, 0.3) is 0 Å². The predicted molar refractivity (Wildman–Crippen MR) is 68.5 cm³/mol. The lowest BCUT2D eigenvalue weighted by Crippen LogP contribution is -2.22. The zero-order valence-corrected chi connectivity index (χ0v) is 11.5. The summed E-state index contributed by atoms with van der Waals surface area (Å²) in [6.07, 6.45) is -3.33. The number of nitrogens with one attached hydrogen (secondary N) is 1. The second-order valence-electron chi connectivity index (χ2n) is 3.95. The smallest absolute Gasteiger partial charge is 0.396 e. The molecule has 0 aliphatic heterocycles. The Morgan fingerprint density at radius 2 is 2.06 bits per heavy atom. The van der Waals surface area contributed by atoms with Crippen LogP contribution in [0.1, 0.15) is 25.3 Å². The summed E-state index contributed by atoms with van der Waals surface area (Å²) < 4.78 is 39.0. The van der Waals surface area contributed by atoms with Crippen molar-refractivity contribution in [3.63, 3.8) is 0 Å². The lowest BCUT2D eigenvalue weighted by atomic mass is 10.1. The summed E-state index contributed by atoms with van der Waals surface area (Å²) in [5.74, 6) is 0. The number of rotatable bonds is 5. The molecule has 0 radical (unpaired) electrons. The molecule has 1 aromatic carbocycles. The van der Waals surface area contributed by atoms with Gasteiger partial charge in [0.2, 0.25) is 0 Å². The Morgan fingerprint density at radius 1 is 1.39 bits per heavy atom. The third-order valence-electron chi connectivity index (χ3n) is 2.62. The van der Waals surface area contributed by atoms with Gasteiger partial charge in [0.05, 0.1) is 5.56 Å². The Bertz CT molecular complexity index is 395. The molecule has 0 spiro atoms. The van der Waals surface area contributed by atoms with Crippen molar-refractivity contribution in [2.75, 3.05) is 11.9 Å². The number of hydrogen-bond donors (Lipinski definition) is 2. The second-order valence-corrected chi connectivity index (χ2v) is 4.87. The zero-order valence-electron chi connectivity index (χ0n) is 9.89. The maximum Gasteiger partial charge on any atom is 0.418 e. The molecule has 18 heavy (non-hydrogen) atoms. The molecular weight excluding hydrogens is 311 g/mol. The lowest BCUT2D eigenvalue weighted by molar-refractivity contribution is -0.137. The summed E-state index contributed by atoms with van der Waals surface area (Å²) in [5, 5.41) is 11.7. The summed E-state index contributed by atoms with van der Waals surface area (Å²) >= 11 is 3.04. The number of anilines is 1. The first-order valence-electron chi connectivity index (χ1n) is 5.62. The SMILES string of the molecule is CCC(CCO)Nc1ccc(Br)cc1C(F)(F)F. The van der Waals surface area contributed by atoms with Gasteiger partial charge in [-0.15, -0.1) is 0 Å². The third kappa shape index (κ3) is 4.17. The number of aliphatic hydroxyl groups is 1. The van der Waals surface area contributed by atoms with Crippen LogP contribution in [0.4, 0.5) is 18.9 Å². The Labute approximate surface area is 112 Å². The molecule has 0 saturated carbocycles. The van der Waals surface area contributed by atoms with Gasteiger partial charge in [-0.05, 0) is 31.0 Å². The highest BCUT2D eigenvalue weighted by Crippen LogP contribution is 2.37. The van der Waals surface area contributed by atoms with Gasteiger partial charge in [-0.25, -0.2) is 0 Å². The standard InChI is InChI=1S/C12H15BrF3NO/c1-2-9(5-6-18)17-11-4-3-8(13)7-10(11)12(14,15)16/h3-4,7,9,17-18H,2,5-6H2,1H3. The fourth-order valence-corrected chi connectivity index (χ4v) is 1.99. The van der Waals surface area contributed by atoms with Crippen molar-refractivity contribution in [3.05, 3.63) is 28.2 Å². The number of aliphatic hydroxyl groups excluding tert-OH is 1. The number of benzene rings is 1. The van der Waals surface area contributed by atoms with E-state index >= 15 is 0 Å². The highest BCUT2D eigenvalue weighted by molar-refractivity contribution is 9.10. The van der Waals surface area contributed by atoms with Crippen LogP contribution in [0.3, 0.4) is 0 Å². The molecule has 6 heteroatoms. The molecule has 0 aliphatic rings. The van der Waals surface area contributed by atoms with Crippen molar-refractivity contribution >= 4 is 21.6 Å². The maximum absolute atomic E-state index is 12.9. The molecule has 0 aliphatic carbocycles. The van der Waals surface area contributed by atoms with E-state index in [-0.39, 0.29) is 18.3 Å². The van der Waals surface area contributed by atoms with Gasteiger partial charge in [0.15, 0.2) is 0 Å². The van der Waals surface area contributed by atoms with Crippen molar-refractivity contribution in [1.29, 1.82) is 0 Å². The minimum absolute atomic E-state index is 0.0472. The van der Waals surface area contributed by atoms with Crippen molar-refractivity contribution in [2.45, 2.75) is 32.0 Å². The van der Waals surface area contributed by atoms with Gasteiger partial charge in [-0.1, -0.05) is 22.9 Å². The van der Waals surface area contributed by atoms with Crippen LogP contribution < -0.4 is 5.32 Å². The van der Waals surface area contributed by atoms with Gasteiger partial charge >= 0.3 is 6.18 Å². The minimum Gasteiger partial charge on any atom is -0.396 e. The van der Waals surface area contributed by atoms with Gasteiger partial charge in [0, 0.05) is 22.8 Å². The number of alkyl halides is 3. The van der Waals surface area contributed by atoms with E-state index in [0.717, 1.165) is 6.07 Å². The Balaban J connectivity index is 3.01. The molecule has 2 N–H and O–H groups in total. The summed E-state index contributed by atoms with van der Waals surface area (Å²) in [6.45, 7) is 1.81. The topological polar surface area (TPSA) is 32.3 Å². The number of halogens is 4. The molecule has 1 aromatic rings. The van der Waals surface area contributed by atoms with E-state index in [1.165, 1.54) is 6.07 Å². The first-order chi connectivity index (χ1) is 8.38. The van der Waals surface area contributed by atoms with Gasteiger partial charge in [-0.3, -0.25) is 0 Å². The maximum atomic E-state index is 12.9. The molecule has 0 bridgehead atoms. The van der Waals surface area contributed by atoms with Gasteiger partial charge in [0.25, 0.3) is 0 Å². The molecule has 1 unspecified atom stereocenters. The van der Waals surface area contributed by atoms with Gasteiger partial charge < -0.3 is 10.4 Å². The molecule has 0 saturated heterocycles. The molecule has 1 rings (SSSR count). The Kier molecular flexibility index (Phi) is 5.47. The monoisotopic (exact) mass is 325 g/mol. The molecule has 0 heterocycles. The van der Waals surface area contributed by atoms with Crippen LogP contribution in [0, 0.1) is 0 Å². The van der Waals surface area contributed by atoms with Crippen LogP contribution in [0.15, 0.2) is 22.7 Å². The van der Waals surface area contributed by atoms with Crippen LogP contribution in [0.2, 0.25) is 0 Å². The van der Waals surface area contributed by atoms with Crippen molar-refractivity contribution < 1.29 is 18.3 Å². The van der Waals surface area contributed by atoms with Crippen molar-refractivity contribution in [2.24, 2.45) is 0 Å². The van der Waals surface area contributed by atoms with E-state index in [1.54, 1.807) is 6.07 Å². The number of hydrogen-bond acceptors (Lipinski definition) is 2. The summed E-state index contributed by atoms with van der Waals surface area (Å²) in [4.78, 5) is 0. The van der Waals surface area contributed by atoms with Gasteiger partial charge in [0.1, 0.15) is 0 Å². The van der Waals surface area contributed by atoms with Crippen LogP contribution >= 0.6 is 15.9 Å². The largest absolute Gasteiger partial charge is 0.418 e. The average molecular weight is 326 g/mol. The zero-order chi connectivity index (χ0) is 13.8. The van der Waals surface area contributed by atoms with Crippen LogP contribution in [-0.4, -0.2) is 17.8 Å². The van der Waals surface area contributed by atoms with Gasteiger partial charge in [-0.2, -0.15) is 13.2 Å². The lowest BCUT2D eigenvalue weighted by Gasteiger charge is -2.21. The quantitative estimate of drug-likeness (QED) is 0.856. The van der Waals surface area contributed by atoms with Crippen molar-refractivity contribution in [1.82, 2.24) is 0 Å². The van der Waals surface area contributed by atoms with E-state index in [4.69, 9.17) is 5.11 Å². The Morgan fingerprint density at radius 3 is 2.56 bits per heavy atom. The normalized spacial score (nSPS) is 13.4. The van der Waals surface area contributed by atoms with E-state index in [1.807, 2.05) is 6.92 Å². The Hall–Kier alpha value is -0.750. The molecule has 0 aromatic heterocycles. The molecule has 2 nitrogen and oxygen atoms in total. The first kappa shape index (κ1) is 15.3. The fourth-order valence-electron chi connectivity index (χ4n) is 1.63.